The molecular formula is C20H29NO6. The minimum absolute atomic E-state index is 0.147. The van der Waals surface area contributed by atoms with E-state index in [4.69, 9.17) is 18.9 Å². The molecule has 0 spiro atoms. The third kappa shape index (κ3) is 8.13. The van der Waals surface area contributed by atoms with Gasteiger partial charge >= 0.3 is 5.97 Å². The van der Waals surface area contributed by atoms with E-state index in [0.717, 1.165) is 5.56 Å². The average Bonchev–Trinajstić information content (AvgIpc) is 2.67. The molecule has 0 bridgehead atoms. The fraction of sp³-hybridized carbons (Fsp3) is 0.500. The van der Waals surface area contributed by atoms with Gasteiger partial charge in [-0.15, -0.1) is 0 Å². The van der Waals surface area contributed by atoms with E-state index in [1.165, 1.54) is 6.08 Å². The minimum atomic E-state index is -0.326. The van der Waals surface area contributed by atoms with E-state index in [-0.39, 0.29) is 24.8 Å². The number of methoxy groups -OCH3 is 2. The van der Waals surface area contributed by atoms with E-state index in [0.29, 0.717) is 37.9 Å². The van der Waals surface area contributed by atoms with Crippen molar-refractivity contribution in [1.29, 1.82) is 0 Å². The monoisotopic (exact) mass is 379 g/mol. The van der Waals surface area contributed by atoms with Crippen LogP contribution in [0.1, 0.15) is 25.8 Å². The Hall–Kier alpha value is -2.54. The smallest absolute Gasteiger partial charge is 0.307 e. The van der Waals surface area contributed by atoms with Crippen molar-refractivity contribution < 1.29 is 28.5 Å². The molecule has 0 saturated heterocycles. The summed E-state index contributed by atoms with van der Waals surface area (Å²) in [6.45, 7) is 5.57. The first kappa shape index (κ1) is 22.5. The fourth-order valence-corrected chi connectivity index (χ4v) is 2.33. The zero-order valence-electron chi connectivity index (χ0n) is 16.5. The van der Waals surface area contributed by atoms with E-state index in [9.17, 15) is 9.59 Å². The Bertz CT molecular complexity index is 629. The number of amides is 1. The van der Waals surface area contributed by atoms with Gasteiger partial charge in [-0.25, -0.2) is 0 Å². The van der Waals surface area contributed by atoms with Crippen LogP contribution in [-0.2, 0) is 19.1 Å². The van der Waals surface area contributed by atoms with Gasteiger partial charge in [0.05, 0.1) is 33.4 Å². The molecule has 1 aromatic carbocycles. The van der Waals surface area contributed by atoms with Crippen LogP contribution in [0.4, 0.5) is 0 Å². The predicted octanol–water partition coefficient (Wildman–Crippen LogP) is 2.54. The molecular weight excluding hydrogens is 350 g/mol. The second-order valence-corrected chi connectivity index (χ2v) is 5.55. The lowest BCUT2D eigenvalue weighted by atomic mass is 10.2. The Morgan fingerprint density at radius 1 is 1.07 bits per heavy atom. The van der Waals surface area contributed by atoms with Crippen molar-refractivity contribution in [3.8, 4) is 11.5 Å². The van der Waals surface area contributed by atoms with Gasteiger partial charge in [-0.2, -0.15) is 0 Å². The molecule has 1 rings (SSSR count). The van der Waals surface area contributed by atoms with Crippen molar-refractivity contribution in [3.05, 3.63) is 29.8 Å². The van der Waals surface area contributed by atoms with Gasteiger partial charge in [-0.1, -0.05) is 6.07 Å². The van der Waals surface area contributed by atoms with E-state index >= 15 is 0 Å². The van der Waals surface area contributed by atoms with Crippen LogP contribution in [0.2, 0.25) is 0 Å². The molecule has 0 radical (unpaired) electrons. The lowest BCUT2D eigenvalue weighted by Gasteiger charge is -2.20. The standard InChI is InChI=1S/C20H29NO6/c1-5-26-17-9-7-16(15-18(17)25-4)8-10-19(22)21(13-14-24-3)12-11-20(23)27-6-2/h7-10,15H,5-6,11-14H2,1-4H3/b10-8+. The second kappa shape index (κ2) is 12.8. The number of hydrogen-bond acceptors (Lipinski definition) is 6. The molecule has 7 heteroatoms. The molecule has 27 heavy (non-hydrogen) atoms. The highest BCUT2D eigenvalue weighted by molar-refractivity contribution is 5.92. The van der Waals surface area contributed by atoms with E-state index < -0.39 is 0 Å². The molecule has 1 amide bonds. The lowest BCUT2D eigenvalue weighted by Crippen LogP contribution is -2.34. The number of ether oxygens (including phenoxy) is 4. The number of benzene rings is 1. The molecule has 0 aliphatic heterocycles. The topological polar surface area (TPSA) is 74.3 Å². The van der Waals surface area contributed by atoms with Crippen LogP contribution in [0, 0.1) is 0 Å². The van der Waals surface area contributed by atoms with Gasteiger partial charge < -0.3 is 23.8 Å². The molecule has 0 fully saturated rings. The number of esters is 1. The fourth-order valence-electron chi connectivity index (χ4n) is 2.33. The molecule has 0 unspecified atom stereocenters. The quantitative estimate of drug-likeness (QED) is 0.410. The zero-order chi connectivity index (χ0) is 20.1. The molecule has 1 aromatic rings. The first-order valence-electron chi connectivity index (χ1n) is 8.98. The van der Waals surface area contributed by atoms with Gasteiger partial charge in [0.25, 0.3) is 0 Å². The van der Waals surface area contributed by atoms with Crippen molar-refractivity contribution in [2.24, 2.45) is 0 Å². The molecule has 0 N–H and O–H groups in total. The second-order valence-electron chi connectivity index (χ2n) is 5.55. The number of carbonyl (C=O) groups is 2. The molecule has 0 aliphatic rings. The zero-order valence-corrected chi connectivity index (χ0v) is 16.5. The largest absolute Gasteiger partial charge is 0.493 e. The Kier molecular flexibility index (Phi) is 10.6. The SMILES string of the molecule is CCOC(=O)CCN(CCOC)C(=O)/C=C/c1ccc(OCC)c(OC)c1. The number of hydrogen-bond donors (Lipinski definition) is 0. The van der Waals surface area contributed by atoms with Crippen LogP contribution in [-0.4, -0.2) is 63.9 Å². The van der Waals surface area contributed by atoms with Crippen molar-refractivity contribution in [2.45, 2.75) is 20.3 Å². The molecule has 0 aliphatic carbocycles. The van der Waals surface area contributed by atoms with Crippen molar-refractivity contribution in [1.82, 2.24) is 4.90 Å². The van der Waals surface area contributed by atoms with Crippen LogP contribution < -0.4 is 9.47 Å². The van der Waals surface area contributed by atoms with Crippen LogP contribution >= 0.6 is 0 Å². The summed E-state index contributed by atoms with van der Waals surface area (Å²) in [4.78, 5) is 25.6. The Morgan fingerprint density at radius 3 is 2.48 bits per heavy atom. The summed E-state index contributed by atoms with van der Waals surface area (Å²) in [5.74, 6) is 0.724. The highest BCUT2D eigenvalue weighted by atomic mass is 16.5. The third-order valence-corrected chi connectivity index (χ3v) is 3.67. The van der Waals surface area contributed by atoms with Crippen LogP contribution in [0.25, 0.3) is 6.08 Å². The number of carbonyl (C=O) groups excluding carboxylic acids is 2. The first-order chi connectivity index (χ1) is 13.0. The van der Waals surface area contributed by atoms with Gasteiger partial charge in [-0.05, 0) is 37.6 Å². The maximum atomic E-state index is 12.5. The summed E-state index contributed by atoms with van der Waals surface area (Å²) in [5.41, 5.74) is 0.806. The van der Waals surface area contributed by atoms with E-state index in [2.05, 4.69) is 0 Å². The third-order valence-electron chi connectivity index (χ3n) is 3.67. The van der Waals surface area contributed by atoms with Gasteiger partial charge in [-0.3, -0.25) is 9.59 Å². The maximum absolute atomic E-state index is 12.5. The summed E-state index contributed by atoms with van der Waals surface area (Å²) >= 11 is 0. The molecule has 150 valence electrons. The number of nitrogens with zero attached hydrogens (tertiary/aromatic N) is 1. The highest BCUT2D eigenvalue weighted by Gasteiger charge is 2.13. The van der Waals surface area contributed by atoms with Gasteiger partial charge in [0.1, 0.15) is 0 Å². The van der Waals surface area contributed by atoms with Crippen LogP contribution in [0.5, 0.6) is 11.5 Å². The average molecular weight is 379 g/mol. The van der Waals surface area contributed by atoms with Gasteiger partial charge in [0, 0.05) is 26.3 Å². The highest BCUT2D eigenvalue weighted by Crippen LogP contribution is 2.28. The maximum Gasteiger partial charge on any atom is 0.307 e. The first-order valence-corrected chi connectivity index (χ1v) is 8.98. The summed E-state index contributed by atoms with van der Waals surface area (Å²) in [6, 6.07) is 5.44. The summed E-state index contributed by atoms with van der Waals surface area (Å²) in [5, 5.41) is 0. The van der Waals surface area contributed by atoms with Crippen molar-refractivity contribution >= 4 is 18.0 Å². The van der Waals surface area contributed by atoms with Crippen LogP contribution in [0.3, 0.4) is 0 Å². The lowest BCUT2D eigenvalue weighted by molar-refractivity contribution is -0.143. The van der Waals surface area contributed by atoms with Gasteiger partial charge in [0.15, 0.2) is 11.5 Å². The summed E-state index contributed by atoms with van der Waals surface area (Å²) in [6.07, 6.45) is 3.31. The molecule has 7 nitrogen and oxygen atoms in total. The molecule has 0 heterocycles. The number of rotatable bonds is 12. The van der Waals surface area contributed by atoms with E-state index in [1.54, 1.807) is 44.3 Å². The molecule has 0 atom stereocenters. The van der Waals surface area contributed by atoms with E-state index in [1.807, 2.05) is 13.0 Å². The van der Waals surface area contributed by atoms with Crippen molar-refractivity contribution in [2.75, 3.05) is 47.1 Å². The predicted molar refractivity (Wildman–Crippen MR) is 103 cm³/mol. The Balaban J connectivity index is 2.79. The van der Waals surface area contributed by atoms with Crippen molar-refractivity contribution in [3.63, 3.8) is 0 Å². The van der Waals surface area contributed by atoms with Crippen LogP contribution in [0.15, 0.2) is 24.3 Å². The molecule has 0 aromatic heterocycles. The Labute approximate surface area is 160 Å². The van der Waals surface area contributed by atoms with Gasteiger partial charge in [0.2, 0.25) is 5.91 Å². The summed E-state index contributed by atoms with van der Waals surface area (Å²) < 4.78 is 20.7. The summed E-state index contributed by atoms with van der Waals surface area (Å²) in [7, 11) is 3.13. The Morgan fingerprint density at radius 2 is 1.85 bits per heavy atom. The molecule has 0 saturated carbocycles. The minimum Gasteiger partial charge on any atom is -0.493 e. The normalized spacial score (nSPS) is 10.7.